The SMILES string of the molecule is Nc1ccc(C(=O)NC(=O)C(=O)Nc2ccccc2[N+](=O)[O-])cc1. The third-order valence-electron chi connectivity index (χ3n) is 2.96. The summed E-state index contributed by atoms with van der Waals surface area (Å²) >= 11 is 0. The van der Waals surface area contributed by atoms with E-state index in [0.29, 0.717) is 5.69 Å². The normalized spacial score (nSPS) is 9.83. The van der Waals surface area contributed by atoms with Crippen LogP contribution in [-0.4, -0.2) is 22.6 Å². The summed E-state index contributed by atoms with van der Waals surface area (Å²) in [6.45, 7) is 0. The van der Waals surface area contributed by atoms with E-state index in [2.05, 4.69) is 5.32 Å². The Hall–Kier alpha value is -3.75. The summed E-state index contributed by atoms with van der Waals surface area (Å²) in [5.74, 6) is -3.24. The van der Waals surface area contributed by atoms with Gasteiger partial charge in [0.15, 0.2) is 0 Å². The molecule has 122 valence electrons. The summed E-state index contributed by atoms with van der Waals surface area (Å²) in [5.41, 5.74) is 5.53. The monoisotopic (exact) mass is 328 g/mol. The van der Waals surface area contributed by atoms with Crippen LogP contribution in [0.5, 0.6) is 0 Å². The van der Waals surface area contributed by atoms with Crippen LogP contribution in [0, 0.1) is 10.1 Å². The molecule has 2 aromatic carbocycles. The fourth-order valence-electron chi connectivity index (χ4n) is 1.78. The van der Waals surface area contributed by atoms with Crippen molar-refractivity contribution in [2.75, 3.05) is 11.1 Å². The predicted molar refractivity (Wildman–Crippen MR) is 85.1 cm³/mol. The molecule has 9 heteroatoms. The number of hydrogen-bond acceptors (Lipinski definition) is 6. The maximum atomic E-state index is 11.8. The third kappa shape index (κ3) is 3.91. The van der Waals surface area contributed by atoms with Gasteiger partial charge in [0.1, 0.15) is 5.69 Å². The molecule has 0 saturated heterocycles. The van der Waals surface area contributed by atoms with Crippen LogP contribution in [0.3, 0.4) is 0 Å². The van der Waals surface area contributed by atoms with Gasteiger partial charge >= 0.3 is 11.8 Å². The maximum absolute atomic E-state index is 11.8. The number of rotatable bonds is 3. The minimum absolute atomic E-state index is 0.135. The van der Waals surface area contributed by atoms with Crippen LogP contribution in [0.4, 0.5) is 17.1 Å². The van der Waals surface area contributed by atoms with Crippen molar-refractivity contribution < 1.29 is 19.3 Å². The van der Waals surface area contributed by atoms with Gasteiger partial charge in [0, 0.05) is 17.3 Å². The highest BCUT2D eigenvalue weighted by Crippen LogP contribution is 2.22. The second-order valence-corrected chi connectivity index (χ2v) is 4.63. The summed E-state index contributed by atoms with van der Waals surface area (Å²) in [4.78, 5) is 45.5. The average Bonchev–Trinajstić information content (AvgIpc) is 2.55. The lowest BCUT2D eigenvalue weighted by Gasteiger charge is -2.06. The Bertz CT molecular complexity index is 817. The van der Waals surface area contributed by atoms with Gasteiger partial charge in [0.05, 0.1) is 4.92 Å². The first kappa shape index (κ1) is 16.6. The van der Waals surface area contributed by atoms with E-state index < -0.39 is 22.6 Å². The van der Waals surface area contributed by atoms with Crippen molar-refractivity contribution in [3.63, 3.8) is 0 Å². The molecule has 9 nitrogen and oxygen atoms in total. The summed E-state index contributed by atoms with van der Waals surface area (Å²) in [7, 11) is 0. The van der Waals surface area contributed by atoms with Crippen LogP contribution >= 0.6 is 0 Å². The molecule has 0 saturated carbocycles. The van der Waals surface area contributed by atoms with E-state index in [-0.39, 0.29) is 16.9 Å². The van der Waals surface area contributed by atoms with Crippen molar-refractivity contribution in [3.8, 4) is 0 Å². The zero-order valence-electron chi connectivity index (χ0n) is 12.2. The van der Waals surface area contributed by atoms with E-state index in [1.807, 2.05) is 5.32 Å². The quantitative estimate of drug-likeness (QED) is 0.333. The first-order valence-electron chi connectivity index (χ1n) is 6.64. The average molecular weight is 328 g/mol. The molecule has 3 amide bonds. The summed E-state index contributed by atoms with van der Waals surface area (Å²) in [6, 6.07) is 11.0. The van der Waals surface area contributed by atoms with Crippen molar-refractivity contribution in [2.24, 2.45) is 0 Å². The highest BCUT2D eigenvalue weighted by Gasteiger charge is 2.21. The number of hydrogen-bond donors (Lipinski definition) is 3. The topological polar surface area (TPSA) is 144 Å². The van der Waals surface area contributed by atoms with E-state index in [0.717, 1.165) is 0 Å². The van der Waals surface area contributed by atoms with E-state index in [1.54, 1.807) is 0 Å². The van der Waals surface area contributed by atoms with Crippen LogP contribution in [0.25, 0.3) is 0 Å². The molecule has 0 heterocycles. The number of para-hydroxylation sites is 2. The number of carbonyl (C=O) groups is 3. The largest absolute Gasteiger partial charge is 0.399 e. The van der Waals surface area contributed by atoms with Gasteiger partial charge in [-0.3, -0.25) is 29.8 Å². The number of nitro benzene ring substituents is 1. The summed E-state index contributed by atoms with van der Waals surface area (Å²) in [6.07, 6.45) is 0. The second kappa shape index (κ2) is 7.01. The molecular weight excluding hydrogens is 316 g/mol. The number of nitro groups is 1. The highest BCUT2D eigenvalue weighted by molar-refractivity contribution is 6.42. The lowest BCUT2D eigenvalue weighted by molar-refractivity contribution is -0.383. The van der Waals surface area contributed by atoms with Crippen LogP contribution in [0.15, 0.2) is 48.5 Å². The smallest absolute Gasteiger partial charge is 0.316 e. The van der Waals surface area contributed by atoms with Gasteiger partial charge in [-0.05, 0) is 30.3 Å². The highest BCUT2D eigenvalue weighted by atomic mass is 16.6. The number of nitrogen functional groups attached to an aromatic ring is 1. The predicted octanol–water partition coefficient (Wildman–Crippen LogP) is 1.07. The van der Waals surface area contributed by atoms with Gasteiger partial charge < -0.3 is 11.1 Å². The molecule has 0 aliphatic heterocycles. The number of carbonyl (C=O) groups excluding carboxylic acids is 3. The Morgan fingerprint density at radius 1 is 0.958 bits per heavy atom. The van der Waals surface area contributed by atoms with Crippen molar-refractivity contribution in [1.82, 2.24) is 5.32 Å². The summed E-state index contributed by atoms with van der Waals surface area (Å²) in [5, 5.41) is 14.8. The van der Waals surface area contributed by atoms with Gasteiger partial charge in [-0.2, -0.15) is 0 Å². The number of nitrogens with zero attached hydrogens (tertiary/aromatic N) is 1. The van der Waals surface area contributed by atoms with Crippen molar-refractivity contribution in [1.29, 1.82) is 0 Å². The number of benzene rings is 2. The molecule has 4 N–H and O–H groups in total. The zero-order chi connectivity index (χ0) is 17.7. The molecule has 0 unspecified atom stereocenters. The van der Waals surface area contributed by atoms with Crippen LogP contribution in [0.2, 0.25) is 0 Å². The summed E-state index contributed by atoms with van der Waals surface area (Å²) < 4.78 is 0. The zero-order valence-corrected chi connectivity index (χ0v) is 12.2. The Morgan fingerprint density at radius 3 is 2.21 bits per heavy atom. The van der Waals surface area contributed by atoms with Crippen molar-refractivity contribution in [2.45, 2.75) is 0 Å². The molecule has 0 fully saturated rings. The molecule has 2 aromatic rings. The molecule has 0 aliphatic rings. The molecule has 2 rings (SSSR count). The van der Waals surface area contributed by atoms with Crippen LogP contribution in [0.1, 0.15) is 10.4 Å². The Labute approximate surface area is 135 Å². The Balaban J connectivity index is 2.05. The number of imide groups is 1. The molecule has 0 spiro atoms. The van der Waals surface area contributed by atoms with Crippen LogP contribution in [-0.2, 0) is 9.59 Å². The van der Waals surface area contributed by atoms with Crippen LogP contribution < -0.4 is 16.4 Å². The first-order chi connectivity index (χ1) is 11.4. The van der Waals surface area contributed by atoms with Crippen molar-refractivity contribution >= 4 is 34.8 Å². The molecule has 0 radical (unpaired) electrons. The first-order valence-corrected chi connectivity index (χ1v) is 6.64. The molecule has 0 atom stereocenters. The maximum Gasteiger partial charge on any atom is 0.316 e. The van der Waals surface area contributed by atoms with E-state index in [4.69, 9.17) is 5.73 Å². The van der Waals surface area contributed by atoms with Gasteiger partial charge in [-0.15, -0.1) is 0 Å². The number of nitrogens with one attached hydrogen (secondary N) is 2. The van der Waals surface area contributed by atoms with Gasteiger partial charge in [0.2, 0.25) is 0 Å². The molecule has 24 heavy (non-hydrogen) atoms. The second-order valence-electron chi connectivity index (χ2n) is 4.63. The number of anilines is 2. The Morgan fingerprint density at radius 2 is 1.58 bits per heavy atom. The van der Waals surface area contributed by atoms with Gasteiger partial charge in [0.25, 0.3) is 11.6 Å². The number of amides is 3. The van der Waals surface area contributed by atoms with E-state index >= 15 is 0 Å². The molecule has 0 bridgehead atoms. The van der Waals surface area contributed by atoms with Gasteiger partial charge in [-0.25, -0.2) is 0 Å². The molecule has 0 aromatic heterocycles. The lowest BCUT2D eigenvalue weighted by atomic mass is 10.2. The standard InChI is InChI=1S/C15H12N4O5/c16-10-7-5-9(6-8-10)13(20)18-15(22)14(21)17-11-3-1-2-4-12(11)19(23)24/h1-8H,16H2,(H,17,21)(H,18,20,22). The lowest BCUT2D eigenvalue weighted by Crippen LogP contribution is -2.39. The fourth-order valence-corrected chi connectivity index (χ4v) is 1.78. The van der Waals surface area contributed by atoms with E-state index in [9.17, 15) is 24.5 Å². The minimum Gasteiger partial charge on any atom is -0.399 e. The molecular formula is C15H12N4O5. The van der Waals surface area contributed by atoms with Crippen molar-refractivity contribution in [3.05, 3.63) is 64.2 Å². The fraction of sp³-hybridized carbons (Fsp3) is 0. The Kier molecular flexibility index (Phi) is 4.85. The van der Waals surface area contributed by atoms with E-state index in [1.165, 1.54) is 48.5 Å². The minimum atomic E-state index is -1.24. The number of nitrogens with two attached hydrogens (primary N) is 1. The molecule has 0 aliphatic carbocycles. The van der Waals surface area contributed by atoms with Gasteiger partial charge in [-0.1, -0.05) is 12.1 Å². The third-order valence-corrected chi connectivity index (χ3v) is 2.96.